The number of fused-ring (bicyclic) bond motifs is 1. The number of carbonyl (C=O) groups excluding carboxylic acids is 1. The number of nitrogens with zero attached hydrogens (tertiary/aromatic N) is 1. The third kappa shape index (κ3) is 5.33. The molecule has 0 saturated carbocycles. The van der Waals surface area contributed by atoms with Gasteiger partial charge in [0.15, 0.2) is 11.2 Å². The molecule has 0 spiro atoms. The summed E-state index contributed by atoms with van der Waals surface area (Å²) < 4.78 is 24.2. The van der Waals surface area contributed by atoms with Gasteiger partial charge in [0, 0.05) is 17.0 Å². The van der Waals surface area contributed by atoms with E-state index in [0.29, 0.717) is 34.5 Å². The maximum absolute atomic E-state index is 13.1. The Labute approximate surface area is 193 Å². The molecule has 2 aromatic carbocycles. The Morgan fingerprint density at radius 1 is 1.12 bits per heavy atom. The van der Waals surface area contributed by atoms with Crippen LogP contribution < -0.4 is 10.2 Å². The number of unbranched alkanes of at least 4 members (excludes halogenated alkanes) is 1. The van der Waals surface area contributed by atoms with Crippen molar-refractivity contribution >= 4 is 16.8 Å². The fourth-order valence-corrected chi connectivity index (χ4v) is 4.65. The van der Waals surface area contributed by atoms with E-state index in [1.54, 1.807) is 37.4 Å². The Morgan fingerprint density at radius 2 is 1.85 bits per heavy atom. The molecule has 1 aliphatic heterocycles. The average Bonchev–Trinajstić information content (AvgIpc) is 2.83. The summed E-state index contributed by atoms with van der Waals surface area (Å²) in [6.07, 6.45) is 4.21. The van der Waals surface area contributed by atoms with E-state index in [0.717, 1.165) is 50.9 Å². The zero-order chi connectivity index (χ0) is 23.4. The van der Waals surface area contributed by atoms with Gasteiger partial charge in [0.25, 0.3) is 0 Å². The van der Waals surface area contributed by atoms with Gasteiger partial charge in [-0.3, -0.25) is 9.59 Å². The standard InChI is InChI=1S/C27H30FNO4/c1-18-23(27(31)24-17-22(32-2)10-11-25(24)33-18)5-3-4-14-29-15-12-20(13-16-29)26(30)19-6-8-21(28)9-7-19/h6-11,17,20H,3-5,12-16H2,1-2H3. The van der Waals surface area contributed by atoms with Gasteiger partial charge in [-0.2, -0.15) is 0 Å². The number of piperidine rings is 1. The Kier molecular flexibility index (Phi) is 7.23. The summed E-state index contributed by atoms with van der Waals surface area (Å²) in [7, 11) is 1.58. The van der Waals surface area contributed by atoms with Crippen LogP contribution in [0.25, 0.3) is 11.0 Å². The largest absolute Gasteiger partial charge is 0.497 e. The van der Waals surface area contributed by atoms with Gasteiger partial charge in [-0.25, -0.2) is 4.39 Å². The minimum Gasteiger partial charge on any atom is -0.497 e. The van der Waals surface area contributed by atoms with Crippen LogP contribution in [0.1, 0.15) is 47.4 Å². The van der Waals surface area contributed by atoms with Gasteiger partial charge >= 0.3 is 0 Å². The first-order chi connectivity index (χ1) is 16.0. The fourth-order valence-electron chi connectivity index (χ4n) is 4.65. The van der Waals surface area contributed by atoms with Crippen molar-refractivity contribution in [3.05, 3.63) is 75.4 Å². The third-order valence-corrected chi connectivity index (χ3v) is 6.63. The average molecular weight is 452 g/mol. The van der Waals surface area contributed by atoms with E-state index in [1.165, 1.54) is 12.1 Å². The first-order valence-electron chi connectivity index (χ1n) is 11.6. The van der Waals surface area contributed by atoms with E-state index in [9.17, 15) is 14.0 Å². The van der Waals surface area contributed by atoms with Crippen LogP contribution >= 0.6 is 0 Å². The molecule has 2 heterocycles. The van der Waals surface area contributed by atoms with Crippen molar-refractivity contribution in [3.8, 4) is 5.75 Å². The normalized spacial score (nSPS) is 15.1. The number of methoxy groups -OCH3 is 1. The monoisotopic (exact) mass is 451 g/mol. The molecular weight excluding hydrogens is 421 g/mol. The SMILES string of the molecule is COc1ccc2oc(C)c(CCCCN3CCC(C(=O)c4ccc(F)cc4)CC3)c(=O)c2c1. The highest BCUT2D eigenvalue weighted by Crippen LogP contribution is 2.23. The first-order valence-corrected chi connectivity index (χ1v) is 11.6. The summed E-state index contributed by atoms with van der Waals surface area (Å²) in [6, 6.07) is 11.1. The van der Waals surface area contributed by atoms with Gasteiger partial charge in [0.05, 0.1) is 12.5 Å². The van der Waals surface area contributed by atoms with E-state index in [1.807, 2.05) is 6.92 Å². The molecule has 5 nitrogen and oxygen atoms in total. The maximum atomic E-state index is 13.1. The number of ether oxygens (including phenoxy) is 1. The summed E-state index contributed by atoms with van der Waals surface area (Å²) in [5.74, 6) is 1.12. The van der Waals surface area contributed by atoms with Crippen LogP contribution in [0.2, 0.25) is 0 Å². The molecule has 0 bridgehead atoms. The third-order valence-electron chi connectivity index (χ3n) is 6.63. The van der Waals surface area contributed by atoms with Gasteiger partial charge < -0.3 is 14.1 Å². The van der Waals surface area contributed by atoms with Crippen LogP contribution in [0.3, 0.4) is 0 Å². The molecule has 33 heavy (non-hydrogen) atoms. The smallest absolute Gasteiger partial charge is 0.196 e. The number of hydrogen-bond donors (Lipinski definition) is 0. The Morgan fingerprint density at radius 3 is 2.55 bits per heavy atom. The molecular formula is C27H30FNO4. The number of hydrogen-bond acceptors (Lipinski definition) is 5. The number of ketones is 1. The molecule has 1 aromatic heterocycles. The second-order valence-electron chi connectivity index (χ2n) is 8.77. The van der Waals surface area contributed by atoms with Crippen LogP contribution in [-0.4, -0.2) is 37.4 Å². The Bertz CT molecular complexity index is 1180. The van der Waals surface area contributed by atoms with Gasteiger partial charge in [-0.15, -0.1) is 0 Å². The first kappa shape index (κ1) is 23.2. The molecule has 6 heteroatoms. The summed E-state index contributed by atoms with van der Waals surface area (Å²) in [5, 5.41) is 0.558. The Balaban J connectivity index is 1.27. The molecule has 4 rings (SSSR count). The number of rotatable bonds is 8. The minimum absolute atomic E-state index is 0.00795. The van der Waals surface area contributed by atoms with Gasteiger partial charge in [0.1, 0.15) is 22.9 Å². The van der Waals surface area contributed by atoms with Crippen molar-refractivity contribution in [2.24, 2.45) is 5.92 Å². The topological polar surface area (TPSA) is 59.8 Å². The van der Waals surface area contributed by atoms with Crippen molar-refractivity contribution < 1.29 is 18.3 Å². The second kappa shape index (κ2) is 10.3. The van der Waals surface area contributed by atoms with E-state index < -0.39 is 0 Å². The van der Waals surface area contributed by atoms with Gasteiger partial charge in [-0.05, 0) is 101 Å². The van der Waals surface area contributed by atoms with Crippen molar-refractivity contribution in [2.75, 3.05) is 26.7 Å². The molecule has 0 unspecified atom stereocenters. The quantitative estimate of drug-likeness (QED) is 0.349. The van der Waals surface area contributed by atoms with Gasteiger partial charge in [0.2, 0.25) is 0 Å². The molecule has 0 amide bonds. The van der Waals surface area contributed by atoms with Crippen LogP contribution in [0.15, 0.2) is 51.7 Å². The molecule has 0 N–H and O–H groups in total. The lowest BCUT2D eigenvalue weighted by Gasteiger charge is -2.31. The second-order valence-corrected chi connectivity index (χ2v) is 8.77. The lowest BCUT2D eigenvalue weighted by molar-refractivity contribution is 0.0839. The van der Waals surface area contributed by atoms with Gasteiger partial charge in [-0.1, -0.05) is 0 Å². The van der Waals surface area contributed by atoms with Crippen LogP contribution in [0.4, 0.5) is 4.39 Å². The van der Waals surface area contributed by atoms with E-state index in [-0.39, 0.29) is 22.9 Å². The zero-order valence-electron chi connectivity index (χ0n) is 19.2. The Hall–Kier alpha value is -2.99. The summed E-state index contributed by atoms with van der Waals surface area (Å²) in [6.45, 7) is 4.57. The number of Topliss-reactive ketones (excluding diaryl/α,β-unsaturated/α-hetero) is 1. The molecule has 0 radical (unpaired) electrons. The van der Waals surface area contributed by atoms with E-state index in [4.69, 9.17) is 9.15 Å². The minimum atomic E-state index is -0.322. The van der Waals surface area contributed by atoms with Crippen molar-refractivity contribution in [1.82, 2.24) is 4.90 Å². The van der Waals surface area contributed by atoms with Crippen molar-refractivity contribution in [1.29, 1.82) is 0 Å². The lowest BCUT2D eigenvalue weighted by atomic mass is 9.89. The molecule has 174 valence electrons. The number of halogens is 1. The molecule has 1 fully saturated rings. The van der Waals surface area contributed by atoms with Crippen LogP contribution in [0.5, 0.6) is 5.75 Å². The summed E-state index contributed by atoms with van der Waals surface area (Å²) in [4.78, 5) is 28.0. The number of likely N-dealkylation sites (tertiary alicyclic amines) is 1. The predicted octanol–water partition coefficient (Wildman–Crippen LogP) is 5.17. The maximum Gasteiger partial charge on any atom is 0.196 e. The number of aryl methyl sites for hydroxylation is 1. The van der Waals surface area contributed by atoms with Crippen molar-refractivity contribution in [3.63, 3.8) is 0 Å². The molecule has 3 aromatic rings. The highest BCUT2D eigenvalue weighted by molar-refractivity contribution is 5.97. The summed E-state index contributed by atoms with van der Waals surface area (Å²) in [5.41, 5.74) is 1.93. The molecule has 0 atom stereocenters. The van der Waals surface area contributed by atoms with Crippen LogP contribution in [-0.2, 0) is 6.42 Å². The summed E-state index contributed by atoms with van der Waals surface area (Å²) >= 11 is 0. The number of benzene rings is 2. The van der Waals surface area contributed by atoms with Crippen LogP contribution in [0, 0.1) is 18.7 Å². The lowest BCUT2D eigenvalue weighted by Crippen LogP contribution is -2.37. The molecule has 1 saturated heterocycles. The zero-order valence-corrected chi connectivity index (χ0v) is 19.2. The fraction of sp³-hybridized carbons (Fsp3) is 0.407. The highest BCUT2D eigenvalue weighted by atomic mass is 19.1. The van der Waals surface area contributed by atoms with Crippen molar-refractivity contribution in [2.45, 2.75) is 39.0 Å². The van der Waals surface area contributed by atoms with E-state index in [2.05, 4.69) is 4.90 Å². The molecule has 0 aliphatic carbocycles. The molecule has 1 aliphatic rings. The predicted molar refractivity (Wildman–Crippen MR) is 127 cm³/mol. The number of carbonyl (C=O) groups is 1. The highest BCUT2D eigenvalue weighted by Gasteiger charge is 2.25. The van der Waals surface area contributed by atoms with E-state index >= 15 is 0 Å².